The summed E-state index contributed by atoms with van der Waals surface area (Å²) in [6.07, 6.45) is 1.52. The number of fused-ring (bicyclic) bond motifs is 2. The van der Waals surface area contributed by atoms with Crippen molar-refractivity contribution in [1.29, 1.82) is 0 Å². The molecule has 0 radical (unpaired) electrons. The lowest BCUT2D eigenvalue weighted by Gasteiger charge is -2.27. The second kappa shape index (κ2) is 7.69. The van der Waals surface area contributed by atoms with E-state index in [-0.39, 0.29) is 42.4 Å². The van der Waals surface area contributed by atoms with Gasteiger partial charge in [0.25, 0.3) is 17.7 Å². The van der Waals surface area contributed by atoms with Crippen molar-refractivity contribution in [2.24, 2.45) is 0 Å². The van der Waals surface area contributed by atoms with E-state index in [1.807, 2.05) is 0 Å². The minimum absolute atomic E-state index is 0.0149. The fourth-order valence-corrected chi connectivity index (χ4v) is 3.35. The molecule has 4 heterocycles. The summed E-state index contributed by atoms with van der Waals surface area (Å²) < 4.78 is 6.74. The summed E-state index contributed by atoms with van der Waals surface area (Å²) in [6, 6.07) is 8.39. The van der Waals surface area contributed by atoms with Gasteiger partial charge in [-0.3, -0.25) is 14.4 Å². The summed E-state index contributed by atoms with van der Waals surface area (Å²) in [4.78, 5) is 41.2. The highest BCUT2D eigenvalue weighted by molar-refractivity contribution is 5.98. The molecular formula is C20H19N7O4. The number of nitrogens with one attached hydrogen (secondary N) is 4. The van der Waals surface area contributed by atoms with Crippen molar-refractivity contribution in [3.8, 4) is 5.75 Å². The number of rotatable bonds is 5. The fraction of sp³-hybridized carbons (Fsp3) is 0.250. The zero-order valence-electron chi connectivity index (χ0n) is 16.3. The van der Waals surface area contributed by atoms with E-state index in [0.717, 1.165) is 5.56 Å². The van der Waals surface area contributed by atoms with Crippen LogP contribution >= 0.6 is 0 Å². The number of benzene rings is 1. The first kappa shape index (κ1) is 19.0. The Balaban J connectivity index is 1.33. The number of carbonyl (C=O) groups is 3. The standard InChI is InChI=1S/C20H19N7O4/c28-18-10-31-16-2-1-11(5-13(16)26-18)7-22-19(29)14-6-15(20(30)24-12-8-21-9-12)27-17(25-14)3-4-23-27/h1-6,12,21H,7-10H2,(H,22,29)(H,24,30)(H,26,28). The molecule has 0 atom stereocenters. The molecule has 0 saturated carbocycles. The molecule has 3 aromatic rings. The Hall–Kier alpha value is -3.99. The van der Waals surface area contributed by atoms with Crippen molar-refractivity contribution in [1.82, 2.24) is 30.5 Å². The van der Waals surface area contributed by atoms with Crippen molar-refractivity contribution in [3.05, 3.63) is 53.5 Å². The Labute approximate surface area is 176 Å². The number of anilines is 1. The summed E-state index contributed by atoms with van der Waals surface area (Å²) in [5.41, 5.74) is 2.09. The lowest BCUT2D eigenvalue weighted by Crippen LogP contribution is -2.57. The third-order valence-electron chi connectivity index (χ3n) is 5.07. The third kappa shape index (κ3) is 3.78. The highest BCUT2D eigenvalue weighted by atomic mass is 16.5. The molecule has 11 heteroatoms. The average molecular weight is 421 g/mol. The van der Waals surface area contributed by atoms with Crippen LogP contribution in [0.1, 0.15) is 26.5 Å². The topological polar surface area (TPSA) is 139 Å². The summed E-state index contributed by atoms with van der Waals surface area (Å²) in [5, 5.41) is 15.7. The lowest BCUT2D eigenvalue weighted by atomic mass is 10.1. The maximum Gasteiger partial charge on any atom is 0.270 e. The third-order valence-corrected chi connectivity index (χ3v) is 5.07. The van der Waals surface area contributed by atoms with Gasteiger partial charge >= 0.3 is 0 Å². The van der Waals surface area contributed by atoms with Crippen LogP contribution in [0, 0.1) is 0 Å². The first-order valence-electron chi connectivity index (χ1n) is 9.77. The number of nitrogens with zero attached hydrogens (tertiary/aromatic N) is 3. The van der Waals surface area contributed by atoms with Crippen molar-refractivity contribution < 1.29 is 19.1 Å². The van der Waals surface area contributed by atoms with Gasteiger partial charge in [-0.2, -0.15) is 5.10 Å². The first-order chi connectivity index (χ1) is 15.1. The van der Waals surface area contributed by atoms with Gasteiger partial charge in [0.15, 0.2) is 12.3 Å². The van der Waals surface area contributed by atoms with E-state index in [9.17, 15) is 14.4 Å². The van der Waals surface area contributed by atoms with Crippen LogP contribution in [0.5, 0.6) is 5.75 Å². The fourth-order valence-electron chi connectivity index (χ4n) is 3.35. The minimum Gasteiger partial charge on any atom is -0.482 e. The molecule has 1 saturated heterocycles. The van der Waals surface area contributed by atoms with E-state index < -0.39 is 5.91 Å². The molecule has 4 N–H and O–H groups in total. The number of aromatic nitrogens is 3. The van der Waals surface area contributed by atoms with Crippen molar-refractivity contribution in [2.45, 2.75) is 12.6 Å². The largest absolute Gasteiger partial charge is 0.482 e. The van der Waals surface area contributed by atoms with Gasteiger partial charge in [-0.25, -0.2) is 9.50 Å². The van der Waals surface area contributed by atoms with Crippen LogP contribution in [0.25, 0.3) is 5.65 Å². The second-order valence-electron chi connectivity index (χ2n) is 7.31. The highest BCUT2D eigenvalue weighted by Crippen LogP contribution is 2.28. The van der Waals surface area contributed by atoms with Gasteiger partial charge < -0.3 is 26.0 Å². The van der Waals surface area contributed by atoms with Crippen LogP contribution in [0.4, 0.5) is 5.69 Å². The SMILES string of the molecule is O=C1COc2ccc(CNC(=O)c3cc(C(=O)NC4CNC4)n4nccc4n3)cc2N1. The quantitative estimate of drug-likeness (QED) is 0.443. The van der Waals surface area contributed by atoms with Gasteiger partial charge in [0.05, 0.1) is 17.9 Å². The molecule has 0 unspecified atom stereocenters. The Kier molecular flexibility index (Phi) is 4.71. The van der Waals surface area contributed by atoms with Crippen LogP contribution in [-0.4, -0.2) is 58.1 Å². The molecule has 0 aliphatic carbocycles. The molecule has 0 bridgehead atoms. The van der Waals surface area contributed by atoms with Crippen molar-refractivity contribution in [3.63, 3.8) is 0 Å². The summed E-state index contributed by atoms with van der Waals surface area (Å²) in [6.45, 7) is 1.61. The molecule has 3 amide bonds. The van der Waals surface area contributed by atoms with Gasteiger partial charge in [-0.05, 0) is 17.7 Å². The van der Waals surface area contributed by atoms with Crippen LogP contribution in [0.2, 0.25) is 0 Å². The van der Waals surface area contributed by atoms with Crippen molar-refractivity contribution >= 4 is 29.1 Å². The Bertz CT molecular complexity index is 1200. The first-order valence-corrected chi connectivity index (χ1v) is 9.77. The maximum absolute atomic E-state index is 12.7. The molecular weight excluding hydrogens is 402 g/mol. The predicted octanol–water partition coefficient (Wildman–Crippen LogP) is -0.308. The molecule has 0 spiro atoms. The van der Waals surface area contributed by atoms with Gasteiger partial charge in [-0.15, -0.1) is 0 Å². The smallest absolute Gasteiger partial charge is 0.270 e. The van der Waals surface area contributed by atoms with Crippen LogP contribution in [-0.2, 0) is 11.3 Å². The second-order valence-corrected chi connectivity index (χ2v) is 7.31. The van der Waals surface area contributed by atoms with Gasteiger partial charge in [0, 0.05) is 31.8 Å². The Morgan fingerprint density at radius 3 is 2.87 bits per heavy atom. The van der Waals surface area contributed by atoms with E-state index in [2.05, 4.69) is 31.3 Å². The normalized spacial score (nSPS) is 15.4. The van der Waals surface area contributed by atoms with Crippen LogP contribution < -0.4 is 26.0 Å². The number of carbonyl (C=O) groups excluding carboxylic acids is 3. The van der Waals surface area contributed by atoms with Gasteiger partial charge in [0.2, 0.25) is 0 Å². The number of hydrogen-bond acceptors (Lipinski definition) is 7. The van der Waals surface area contributed by atoms with Gasteiger partial charge in [0.1, 0.15) is 17.1 Å². The van der Waals surface area contributed by atoms with E-state index in [1.54, 1.807) is 24.3 Å². The van der Waals surface area contributed by atoms with Crippen molar-refractivity contribution in [2.75, 3.05) is 25.0 Å². The number of hydrogen-bond donors (Lipinski definition) is 4. The van der Waals surface area contributed by atoms with Gasteiger partial charge in [-0.1, -0.05) is 6.07 Å². The monoisotopic (exact) mass is 421 g/mol. The minimum atomic E-state index is -0.430. The van der Waals surface area contributed by atoms with E-state index in [0.29, 0.717) is 30.2 Å². The maximum atomic E-state index is 12.7. The molecule has 2 aromatic heterocycles. The summed E-state index contributed by atoms with van der Waals surface area (Å²) >= 11 is 0. The molecule has 2 aliphatic heterocycles. The molecule has 11 nitrogen and oxygen atoms in total. The zero-order valence-corrected chi connectivity index (χ0v) is 16.3. The van der Waals surface area contributed by atoms with E-state index in [4.69, 9.17) is 4.74 Å². The Morgan fingerprint density at radius 1 is 1.19 bits per heavy atom. The molecule has 5 rings (SSSR count). The zero-order chi connectivity index (χ0) is 21.4. The predicted molar refractivity (Wildman–Crippen MR) is 109 cm³/mol. The molecule has 2 aliphatic rings. The molecule has 158 valence electrons. The average Bonchev–Trinajstić information content (AvgIpc) is 3.22. The number of ether oxygens (including phenoxy) is 1. The lowest BCUT2D eigenvalue weighted by molar-refractivity contribution is -0.118. The number of amides is 3. The van der Waals surface area contributed by atoms with Crippen LogP contribution in [0.3, 0.4) is 0 Å². The summed E-state index contributed by atoms with van der Waals surface area (Å²) in [5.74, 6) is -0.390. The molecule has 1 fully saturated rings. The molecule has 31 heavy (non-hydrogen) atoms. The Morgan fingerprint density at radius 2 is 2.06 bits per heavy atom. The van der Waals surface area contributed by atoms with E-state index >= 15 is 0 Å². The van der Waals surface area contributed by atoms with Crippen LogP contribution in [0.15, 0.2) is 36.5 Å². The molecule has 1 aromatic carbocycles. The highest BCUT2D eigenvalue weighted by Gasteiger charge is 2.23. The van der Waals surface area contributed by atoms with E-state index in [1.165, 1.54) is 16.8 Å². The summed E-state index contributed by atoms with van der Waals surface area (Å²) in [7, 11) is 0.